The van der Waals surface area contributed by atoms with Crippen molar-refractivity contribution in [1.29, 1.82) is 0 Å². The van der Waals surface area contributed by atoms with Crippen molar-refractivity contribution < 1.29 is 9.53 Å². The number of nitrogens with one attached hydrogen (secondary N) is 1. The molecule has 1 aromatic heterocycles. The summed E-state index contributed by atoms with van der Waals surface area (Å²) in [5.41, 5.74) is 7.41. The highest BCUT2D eigenvalue weighted by Crippen LogP contribution is 2.28. The first-order valence-corrected chi connectivity index (χ1v) is 8.51. The number of aromatic nitrogens is 1. The van der Waals surface area contributed by atoms with Crippen molar-refractivity contribution in [3.8, 4) is 11.6 Å². The Morgan fingerprint density at radius 3 is 2.62 bits per heavy atom. The molecule has 7 heteroatoms. The summed E-state index contributed by atoms with van der Waals surface area (Å²) in [7, 11) is 0. The average molecular weight is 388 g/mol. The molecular weight excluding hydrogens is 373 g/mol. The number of halogens is 2. The van der Waals surface area contributed by atoms with Crippen LogP contribution in [0.5, 0.6) is 11.6 Å². The van der Waals surface area contributed by atoms with E-state index in [0.717, 1.165) is 5.56 Å². The molecule has 2 aromatic carbocycles. The van der Waals surface area contributed by atoms with Crippen LogP contribution in [0.1, 0.15) is 16.1 Å². The Kier molecular flexibility index (Phi) is 5.73. The molecule has 3 N–H and O–H groups in total. The van der Waals surface area contributed by atoms with Crippen LogP contribution in [0.25, 0.3) is 0 Å². The van der Waals surface area contributed by atoms with Crippen LogP contribution in [-0.4, -0.2) is 10.9 Å². The number of hydrogen-bond acceptors (Lipinski definition) is 4. The fraction of sp³-hybridized carbons (Fsp3) is 0.0526. The fourth-order valence-electron chi connectivity index (χ4n) is 2.23. The van der Waals surface area contributed by atoms with Crippen LogP contribution in [0.4, 0.5) is 5.69 Å². The molecule has 0 aliphatic carbocycles. The van der Waals surface area contributed by atoms with E-state index >= 15 is 0 Å². The van der Waals surface area contributed by atoms with Crippen LogP contribution < -0.4 is 15.8 Å². The predicted octanol–water partition coefficient (Wildman–Crippen LogP) is 4.89. The monoisotopic (exact) mass is 387 g/mol. The number of nitrogens with two attached hydrogens (primary N) is 1. The zero-order chi connectivity index (χ0) is 18.5. The lowest BCUT2D eigenvalue weighted by Crippen LogP contribution is -2.14. The fourth-order valence-corrected chi connectivity index (χ4v) is 2.52. The summed E-state index contributed by atoms with van der Waals surface area (Å²) in [6.45, 7) is 0.398. The summed E-state index contributed by atoms with van der Waals surface area (Å²) in [4.78, 5) is 16.6. The van der Waals surface area contributed by atoms with Gasteiger partial charge in [0, 0.05) is 24.4 Å². The van der Waals surface area contributed by atoms with Gasteiger partial charge in [-0.1, -0.05) is 41.4 Å². The summed E-state index contributed by atoms with van der Waals surface area (Å²) in [5.74, 6) is 0.394. The van der Waals surface area contributed by atoms with Crippen molar-refractivity contribution in [3.63, 3.8) is 0 Å². The molecule has 0 unspecified atom stereocenters. The van der Waals surface area contributed by atoms with Crippen molar-refractivity contribution in [1.82, 2.24) is 4.98 Å². The predicted molar refractivity (Wildman–Crippen MR) is 103 cm³/mol. The van der Waals surface area contributed by atoms with Crippen molar-refractivity contribution >= 4 is 34.8 Å². The maximum Gasteiger partial charge on any atom is 0.274 e. The van der Waals surface area contributed by atoms with Crippen molar-refractivity contribution in [3.05, 3.63) is 82.0 Å². The van der Waals surface area contributed by atoms with Crippen LogP contribution >= 0.6 is 23.2 Å². The third-order valence-electron chi connectivity index (χ3n) is 3.49. The number of carbonyl (C=O) groups is 1. The molecule has 0 saturated carbocycles. The number of hydrogen-bond donors (Lipinski definition) is 2. The summed E-state index contributed by atoms with van der Waals surface area (Å²) in [6, 6.07) is 17.1. The van der Waals surface area contributed by atoms with E-state index in [2.05, 4.69) is 10.3 Å². The molecule has 1 amide bonds. The Morgan fingerprint density at radius 2 is 1.85 bits per heavy atom. The van der Waals surface area contributed by atoms with Gasteiger partial charge in [0.25, 0.3) is 5.91 Å². The molecule has 0 bridgehead atoms. The van der Waals surface area contributed by atoms with E-state index in [1.165, 1.54) is 0 Å². The first kappa shape index (κ1) is 18.2. The number of benzene rings is 2. The number of amides is 1. The molecule has 3 rings (SSSR count). The molecule has 0 atom stereocenters. The van der Waals surface area contributed by atoms with Gasteiger partial charge in [0.2, 0.25) is 5.88 Å². The number of carbonyl (C=O) groups excluding carboxylic acids is 1. The number of rotatable bonds is 5. The standard InChI is InChI=1S/C19H15Cl2N3O2/c20-15-8-7-14(10-16(15)21)26-18-6-2-5-17(24-18)19(25)23-13-4-1-3-12(9-13)11-22/h1-10H,11,22H2,(H,23,25). The van der Waals surface area contributed by atoms with Crippen LogP contribution in [0.3, 0.4) is 0 Å². The van der Waals surface area contributed by atoms with Gasteiger partial charge in [-0.05, 0) is 35.9 Å². The normalized spacial score (nSPS) is 10.4. The third-order valence-corrected chi connectivity index (χ3v) is 4.23. The minimum atomic E-state index is -0.348. The number of anilines is 1. The van der Waals surface area contributed by atoms with Crippen LogP contribution in [0.2, 0.25) is 10.0 Å². The Hall–Kier alpha value is -2.60. The van der Waals surface area contributed by atoms with E-state index in [1.807, 2.05) is 18.2 Å². The van der Waals surface area contributed by atoms with Crippen LogP contribution in [-0.2, 0) is 6.54 Å². The van der Waals surface area contributed by atoms with Crippen molar-refractivity contribution in [2.24, 2.45) is 5.73 Å². The SMILES string of the molecule is NCc1cccc(NC(=O)c2cccc(Oc3ccc(Cl)c(Cl)c3)n2)c1. The minimum absolute atomic E-state index is 0.223. The molecule has 3 aromatic rings. The van der Waals surface area contributed by atoms with Gasteiger partial charge in [-0.2, -0.15) is 0 Å². The third kappa shape index (κ3) is 4.52. The van der Waals surface area contributed by atoms with Crippen molar-refractivity contribution in [2.75, 3.05) is 5.32 Å². The highest BCUT2D eigenvalue weighted by molar-refractivity contribution is 6.42. The molecule has 0 saturated heterocycles. The zero-order valence-electron chi connectivity index (χ0n) is 13.6. The second kappa shape index (κ2) is 8.19. The molecule has 26 heavy (non-hydrogen) atoms. The Labute approximate surface area is 160 Å². The van der Waals surface area contributed by atoms with E-state index in [-0.39, 0.29) is 17.5 Å². The van der Waals surface area contributed by atoms with Gasteiger partial charge in [0.1, 0.15) is 11.4 Å². The molecule has 0 aliphatic rings. The summed E-state index contributed by atoms with van der Waals surface area (Å²) in [6.07, 6.45) is 0. The second-order valence-electron chi connectivity index (χ2n) is 5.40. The Bertz CT molecular complexity index is 948. The Balaban J connectivity index is 1.75. The number of pyridine rings is 1. The first-order chi connectivity index (χ1) is 12.5. The van der Waals surface area contributed by atoms with Gasteiger partial charge < -0.3 is 15.8 Å². The zero-order valence-corrected chi connectivity index (χ0v) is 15.1. The summed E-state index contributed by atoms with van der Waals surface area (Å²) < 4.78 is 5.64. The van der Waals surface area contributed by atoms with Gasteiger partial charge in [-0.25, -0.2) is 4.98 Å². The highest BCUT2D eigenvalue weighted by Gasteiger charge is 2.10. The van der Waals surface area contributed by atoms with Gasteiger partial charge in [0.15, 0.2) is 0 Å². The molecule has 0 aliphatic heterocycles. The maximum absolute atomic E-state index is 12.4. The molecule has 0 fully saturated rings. The molecule has 0 radical (unpaired) electrons. The van der Waals surface area contributed by atoms with Gasteiger partial charge >= 0.3 is 0 Å². The highest BCUT2D eigenvalue weighted by atomic mass is 35.5. The lowest BCUT2D eigenvalue weighted by atomic mass is 10.2. The summed E-state index contributed by atoms with van der Waals surface area (Å²) >= 11 is 11.9. The number of ether oxygens (including phenoxy) is 1. The lowest BCUT2D eigenvalue weighted by Gasteiger charge is -2.09. The second-order valence-corrected chi connectivity index (χ2v) is 6.21. The maximum atomic E-state index is 12.4. The smallest absolute Gasteiger partial charge is 0.274 e. The van der Waals surface area contributed by atoms with E-state index in [1.54, 1.807) is 42.5 Å². The molecular formula is C19H15Cl2N3O2. The van der Waals surface area contributed by atoms with E-state index in [0.29, 0.717) is 28.0 Å². The van der Waals surface area contributed by atoms with Gasteiger partial charge in [-0.15, -0.1) is 0 Å². The quantitative estimate of drug-likeness (QED) is 0.652. The lowest BCUT2D eigenvalue weighted by molar-refractivity contribution is 0.102. The first-order valence-electron chi connectivity index (χ1n) is 7.75. The molecule has 0 spiro atoms. The van der Waals surface area contributed by atoms with E-state index in [4.69, 9.17) is 33.7 Å². The van der Waals surface area contributed by atoms with E-state index < -0.39 is 0 Å². The van der Waals surface area contributed by atoms with Crippen molar-refractivity contribution in [2.45, 2.75) is 6.54 Å². The minimum Gasteiger partial charge on any atom is -0.439 e. The number of nitrogens with zero attached hydrogens (tertiary/aromatic N) is 1. The van der Waals surface area contributed by atoms with Crippen LogP contribution in [0.15, 0.2) is 60.7 Å². The Morgan fingerprint density at radius 1 is 1.04 bits per heavy atom. The summed E-state index contributed by atoms with van der Waals surface area (Å²) in [5, 5.41) is 3.59. The topological polar surface area (TPSA) is 77.2 Å². The largest absolute Gasteiger partial charge is 0.439 e. The molecule has 5 nitrogen and oxygen atoms in total. The van der Waals surface area contributed by atoms with E-state index in [9.17, 15) is 4.79 Å². The van der Waals surface area contributed by atoms with Crippen LogP contribution in [0, 0.1) is 0 Å². The molecule has 1 heterocycles. The molecule has 132 valence electrons. The average Bonchev–Trinajstić information content (AvgIpc) is 2.65. The van der Waals surface area contributed by atoms with Gasteiger partial charge in [0.05, 0.1) is 10.0 Å². The van der Waals surface area contributed by atoms with Gasteiger partial charge in [-0.3, -0.25) is 4.79 Å².